The van der Waals surface area contributed by atoms with Crippen LogP contribution in [0.15, 0.2) is 134 Å². The summed E-state index contributed by atoms with van der Waals surface area (Å²) in [6.07, 6.45) is 83.1. The lowest BCUT2D eigenvalue weighted by atomic mass is 10.0. The van der Waals surface area contributed by atoms with Gasteiger partial charge in [0.2, 0.25) is 0 Å². The minimum atomic E-state index is -0.830. The van der Waals surface area contributed by atoms with Crippen molar-refractivity contribution in [2.45, 2.75) is 252 Å². The van der Waals surface area contributed by atoms with Gasteiger partial charge in [-0.15, -0.1) is 0 Å². The second-order valence-corrected chi connectivity index (χ2v) is 18.8. The lowest BCUT2D eigenvalue weighted by Gasteiger charge is -2.18. The fraction of sp³-hybridized carbons (Fsp3) is 0.621. The van der Waals surface area contributed by atoms with Gasteiger partial charge in [0.25, 0.3) is 0 Å². The summed E-state index contributed by atoms with van der Waals surface area (Å²) in [4.78, 5) is 38.2. The van der Waals surface area contributed by atoms with E-state index in [1.807, 2.05) is 6.08 Å². The largest absolute Gasteiger partial charge is 0.462 e. The van der Waals surface area contributed by atoms with Gasteiger partial charge in [-0.3, -0.25) is 14.4 Å². The summed E-state index contributed by atoms with van der Waals surface area (Å²) in [5.41, 5.74) is 0. The van der Waals surface area contributed by atoms with Crippen LogP contribution in [0.3, 0.4) is 0 Å². The molecule has 72 heavy (non-hydrogen) atoms. The molecule has 6 heteroatoms. The first-order valence-electron chi connectivity index (χ1n) is 29.2. The lowest BCUT2D eigenvalue weighted by Crippen LogP contribution is -2.30. The normalized spacial score (nSPS) is 13.1. The Balaban J connectivity index is 4.58. The molecule has 0 N–H and O–H groups in total. The summed E-state index contributed by atoms with van der Waals surface area (Å²) in [6, 6.07) is 0. The molecule has 0 heterocycles. The Hall–Kier alpha value is -4.45. The first kappa shape index (κ1) is 67.5. The van der Waals surface area contributed by atoms with Gasteiger partial charge in [0, 0.05) is 19.3 Å². The molecule has 0 saturated carbocycles. The molecule has 0 aliphatic rings. The summed E-state index contributed by atoms with van der Waals surface area (Å²) in [7, 11) is 0. The number of carbonyl (C=O) groups excluding carboxylic acids is 3. The van der Waals surface area contributed by atoms with E-state index in [9.17, 15) is 14.4 Å². The first-order valence-corrected chi connectivity index (χ1v) is 29.2. The maximum absolute atomic E-state index is 12.9. The molecule has 0 aromatic heterocycles. The van der Waals surface area contributed by atoms with E-state index in [0.29, 0.717) is 19.3 Å². The second kappa shape index (κ2) is 59.1. The zero-order valence-electron chi connectivity index (χ0n) is 46.4. The summed E-state index contributed by atoms with van der Waals surface area (Å²) in [6.45, 7) is 6.32. The third kappa shape index (κ3) is 56.5. The summed E-state index contributed by atoms with van der Waals surface area (Å²) in [5, 5.41) is 0. The Kier molecular flexibility index (Phi) is 55.5. The highest BCUT2D eigenvalue weighted by atomic mass is 16.6. The monoisotopic (exact) mass is 995 g/mol. The SMILES string of the molecule is CC/C=C\C/C=C\C/C=C\C/C=C\C/C=C\C/C=C\CCC(=O)OC[C@@H](COC(=O)CCCCCCCCCCCCCCCCCC)OC(=O)CCCCC/C=C\C/C=C\C/C=C\C/C=C\C/C=C\CC. The van der Waals surface area contributed by atoms with Crippen LogP contribution in [-0.2, 0) is 28.6 Å². The molecule has 0 aromatic rings. The average Bonchev–Trinajstić information content (AvgIpc) is 3.38. The third-order valence-electron chi connectivity index (χ3n) is 11.9. The topological polar surface area (TPSA) is 78.9 Å². The van der Waals surface area contributed by atoms with Gasteiger partial charge in [0.1, 0.15) is 13.2 Å². The van der Waals surface area contributed by atoms with Crippen LogP contribution in [0, 0.1) is 0 Å². The Morgan fingerprint density at radius 2 is 0.569 bits per heavy atom. The number of rotatable bonds is 51. The van der Waals surface area contributed by atoms with E-state index in [4.69, 9.17) is 14.2 Å². The molecule has 6 nitrogen and oxygen atoms in total. The van der Waals surface area contributed by atoms with Crippen molar-refractivity contribution < 1.29 is 28.6 Å². The van der Waals surface area contributed by atoms with Crippen LogP contribution in [0.25, 0.3) is 0 Å². The first-order chi connectivity index (χ1) is 35.5. The van der Waals surface area contributed by atoms with Crippen molar-refractivity contribution in [3.05, 3.63) is 134 Å². The van der Waals surface area contributed by atoms with Gasteiger partial charge < -0.3 is 14.2 Å². The van der Waals surface area contributed by atoms with Crippen LogP contribution < -0.4 is 0 Å². The van der Waals surface area contributed by atoms with Crippen LogP contribution >= 0.6 is 0 Å². The maximum atomic E-state index is 12.9. The average molecular weight is 996 g/mol. The van der Waals surface area contributed by atoms with Gasteiger partial charge in [-0.2, -0.15) is 0 Å². The Morgan fingerprint density at radius 3 is 0.931 bits per heavy atom. The number of unbranched alkanes of at least 4 members (excludes halogenated alkanes) is 18. The van der Waals surface area contributed by atoms with Gasteiger partial charge in [-0.1, -0.05) is 257 Å². The fourth-order valence-corrected chi connectivity index (χ4v) is 7.61. The number of hydrogen-bond donors (Lipinski definition) is 0. The van der Waals surface area contributed by atoms with Crippen molar-refractivity contribution in [1.29, 1.82) is 0 Å². The van der Waals surface area contributed by atoms with E-state index in [0.717, 1.165) is 109 Å². The summed E-state index contributed by atoms with van der Waals surface area (Å²) >= 11 is 0. The van der Waals surface area contributed by atoms with Gasteiger partial charge in [0.15, 0.2) is 6.10 Å². The zero-order valence-corrected chi connectivity index (χ0v) is 46.4. The van der Waals surface area contributed by atoms with Crippen molar-refractivity contribution in [3.8, 4) is 0 Å². The molecule has 0 unspecified atom stereocenters. The highest BCUT2D eigenvalue weighted by Crippen LogP contribution is 2.15. The van der Waals surface area contributed by atoms with Crippen LogP contribution in [-0.4, -0.2) is 37.2 Å². The molecule has 0 bridgehead atoms. The second-order valence-electron chi connectivity index (χ2n) is 18.8. The van der Waals surface area contributed by atoms with Crippen molar-refractivity contribution in [2.24, 2.45) is 0 Å². The molecule has 1 atom stereocenters. The van der Waals surface area contributed by atoms with Gasteiger partial charge in [-0.25, -0.2) is 0 Å². The van der Waals surface area contributed by atoms with Crippen molar-refractivity contribution >= 4 is 17.9 Å². The number of esters is 3. The highest BCUT2D eigenvalue weighted by molar-refractivity contribution is 5.71. The Bertz CT molecular complexity index is 1560. The van der Waals surface area contributed by atoms with Crippen LogP contribution in [0.4, 0.5) is 0 Å². The molecule has 0 rings (SSSR count). The molecule has 0 spiro atoms. The standard InChI is InChI=1S/C66H106O6/c1-4-7-10-13-16-19-22-25-28-31-33-35-38-41-44-47-50-53-56-59-65(68)71-62-63(61-70-64(67)58-55-52-49-46-43-40-37-30-27-24-21-18-15-12-9-6-3)72-66(69)60-57-54-51-48-45-42-39-36-34-32-29-26-23-20-17-14-11-8-5-2/h7-8,10-11,16-17,19-20,25-26,28-29,33-36,41-42,44-45,50,53,63H,4-6,9,12-15,18,21-24,27,30-32,37-40,43,46-49,51-52,54-62H2,1-3H3/b10-7-,11-8-,19-16-,20-17-,28-25-,29-26-,35-33-,36-34-,44-41-,45-42-,53-50-/t63-/m1/s1. The van der Waals surface area contributed by atoms with Crippen molar-refractivity contribution in [1.82, 2.24) is 0 Å². The highest BCUT2D eigenvalue weighted by Gasteiger charge is 2.19. The zero-order chi connectivity index (χ0) is 52.2. The number of ether oxygens (including phenoxy) is 3. The quantitative estimate of drug-likeness (QED) is 0.0261. The summed E-state index contributed by atoms with van der Waals surface area (Å²) in [5.74, 6) is -1.04. The van der Waals surface area contributed by atoms with E-state index in [1.54, 1.807) is 0 Å². The minimum Gasteiger partial charge on any atom is -0.462 e. The van der Waals surface area contributed by atoms with Crippen LogP contribution in [0.5, 0.6) is 0 Å². The molecule has 406 valence electrons. The predicted octanol–water partition coefficient (Wildman–Crippen LogP) is 19.8. The van der Waals surface area contributed by atoms with Crippen LogP contribution in [0.2, 0.25) is 0 Å². The van der Waals surface area contributed by atoms with Gasteiger partial charge in [-0.05, 0) is 103 Å². The van der Waals surface area contributed by atoms with Crippen molar-refractivity contribution in [3.63, 3.8) is 0 Å². The molecular formula is C66H106O6. The smallest absolute Gasteiger partial charge is 0.306 e. The molecular weight excluding hydrogens is 889 g/mol. The Labute approximate surface area is 443 Å². The van der Waals surface area contributed by atoms with E-state index >= 15 is 0 Å². The maximum Gasteiger partial charge on any atom is 0.306 e. The predicted molar refractivity (Wildman–Crippen MR) is 311 cm³/mol. The van der Waals surface area contributed by atoms with Crippen molar-refractivity contribution in [2.75, 3.05) is 13.2 Å². The van der Waals surface area contributed by atoms with E-state index in [1.165, 1.54) is 83.5 Å². The third-order valence-corrected chi connectivity index (χ3v) is 11.9. The molecule has 0 amide bonds. The molecule has 0 saturated heterocycles. The van der Waals surface area contributed by atoms with E-state index in [2.05, 4.69) is 148 Å². The number of carbonyl (C=O) groups is 3. The van der Waals surface area contributed by atoms with E-state index < -0.39 is 6.10 Å². The Morgan fingerprint density at radius 1 is 0.292 bits per heavy atom. The lowest BCUT2D eigenvalue weighted by molar-refractivity contribution is -0.166. The molecule has 0 fully saturated rings. The molecule has 0 aromatic carbocycles. The van der Waals surface area contributed by atoms with Crippen LogP contribution in [0.1, 0.15) is 245 Å². The fourth-order valence-electron chi connectivity index (χ4n) is 7.61. The molecule has 0 radical (unpaired) electrons. The van der Waals surface area contributed by atoms with Gasteiger partial charge in [0.05, 0.1) is 0 Å². The molecule has 0 aliphatic carbocycles. The number of allylic oxidation sites excluding steroid dienone is 22. The molecule has 0 aliphatic heterocycles. The van der Waals surface area contributed by atoms with Gasteiger partial charge >= 0.3 is 17.9 Å². The summed E-state index contributed by atoms with van der Waals surface area (Å²) < 4.78 is 16.8. The minimum absolute atomic E-state index is 0.117. The number of hydrogen-bond acceptors (Lipinski definition) is 6. The van der Waals surface area contributed by atoms with E-state index in [-0.39, 0.29) is 44.0 Å².